The van der Waals surface area contributed by atoms with Gasteiger partial charge >= 0.3 is 12.4 Å². The zero-order chi connectivity index (χ0) is 20.5. The number of anilines is 1. The second kappa shape index (κ2) is 7.48. The summed E-state index contributed by atoms with van der Waals surface area (Å²) in [4.78, 5) is 6.00. The fraction of sp³-hybridized carbons (Fsp3) is 0.350. The molecule has 28 heavy (non-hydrogen) atoms. The summed E-state index contributed by atoms with van der Waals surface area (Å²) in [5.74, 6) is 0.629. The number of benzene rings is 2. The highest BCUT2D eigenvalue weighted by Gasteiger charge is 2.33. The van der Waals surface area contributed by atoms with Crippen molar-refractivity contribution in [2.75, 3.05) is 11.4 Å². The van der Waals surface area contributed by atoms with Gasteiger partial charge in [0, 0.05) is 18.7 Å². The monoisotopic (exact) mass is 400 g/mol. The van der Waals surface area contributed by atoms with Crippen LogP contribution in [0, 0.1) is 5.92 Å². The van der Waals surface area contributed by atoms with Crippen molar-refractivity contribution in [3.8, 4) is 0 Å². The number of alkyl halides is 6. The Balaban J connectivity index is 1.99. The molecule has 0 spiro atoms. The Hall–Kier alpha value is -2.51. The van der Waals surface area contributed by atoms with E-state index < -0.39 is 23.5 Å². The van der Waals surface area contributed by atoms with Crippen molar-refractivity contribution in [2.45, 2.75) is 32.1 Å². The van der Waals surface area contributed by atoms with Crippen LogP contribution in [0.5, 0.6) is 0 Å². The highest BCUT2D eigenvalue weighted by atomic mass is 19.4. The van der Waals surface area contributed by atoms with Crippen molar-refractivity contribution in [3.05, 3.63) is 59.7 Å². The Morgan fingerprint density at radius 1 is 0.929 bits per heavy atom. The second-order valence-corrected chi connectivity index (χ2v) is 6.71. The molecule has 0 aliphatic carbocycles. The number of hydrogen-bond donors (Lipinski definition) is 0. The van der Waals surface area contributed by atoms with Crippen LogP contribution in [0.1, 0.15) is 30.9 Å². The van der Waals surface area contributed by atoms with E-state index in [9.17, 15) is 26.3 Å². The van der Waals surface area contributed by atoms with Crippen molar-refractivity contribution in [3.63, 3.8) is 0 Å². The van der Waals surface area contributed by atoms with Crippen LogP contribution in [-0.4, -0.2) is 12.4 Å². The highest BCUT2D eigenvalue weighted by molar-refractivity contribution is 6.01. The smallest absolute Gasteiger partial charge is 0.330 e. The van der Waals surface area contributed by atoms with Crippen LogP contribution >= 0.6 is 0 Å². The van der Waals surface area contributed by atoms with E-state index in [1.807, 2.05) is 6.92 Å². The SMILES string of the molecule is CCC1C/C(=N/c2cccc(C(F)(F)F)c2)N(c2cccc(C(F)(F)F)c2)C1. The lowest BCUT2D eigenvalue weighted by atomic mass is 10.1. The standard InChI is InChI=1S/C20H18F6N2/c1-2-13-9-18(27-16-7-3-5-14(10-16)19(21,22)23)28(12-13)17-8-4-6-15(11-17)20(24,25)26/h3-8,10-11,13H,2,9,12H2,1H3/b27-18-. The number of halogens is 6. The Morgan fingerprint density at radius 2 is 1.54 bits per heavy atom. The van der Waals surface area contributed by atoms with E-state index in [2.05, 4.69) is 4.99 Å². The summed E-state index contributed by atoms with van der Waals surface area (Å²) in [6.07, 6.45) is -7.68. The molecule has 1 unspecified atom stereocenters. The Bertz CT molecular complexity index is 869. The minimum Gasteiger partial charge on any atom is -0.330 e. The molecule has 2 nitrogen and oxygen atoms in total. The van der Waals surface area contributed by atoms with Crippen LogP contribution < -0.4 is 4.90 Å². The molecule has 1 fully saturated rings. The fourth-order valence-corrected chi connectivity index (χ4v) is 3.18. The maximum absolute atomic E-state index is 13.0. The molecule has 0 aromatic heterocycles. The molecule has 0 N–H and O–H groups in total. The summed E-state index contributed by atoms with van der Waals surface area (Å²) in [6.45, 7) is 2.43. The van der Waals surface area contributed by atoms with Crippen LogP contribution in [0.15, 0.2) is 53.5 Å². The molecule has 2 aromatic rings. The van der Waals surface area contributed by atoms with E-state index >= 15 is 0 Å². The number of aliphatic imine (C=N–C) groups is 1. The molecule has 150 valence electrons. The van der Waals surface area contributed by atoms with Gasteiger partial charge in [-0.15, -0.1) is 0 Å². The van der Waals surface area contributed by atoms with E-state index in [0.29, 0.717) is 24.5 Å². The third kappa shape index (κ3) is 4.48. The lowest BCUT2D eigenvalue weighted by Crippen LogP contribution is -2.25. The van der Waals surface area contributed by atoms with Crippen LogP contribution in [0.4, 0.5) is 37.7 Å². The largest absolute Gasteiger partial charge is 0.416 e. The van der Waals surface area contributed by atoms with Gasteiger partial charge < -0.3 is 4.90 Å². The van der Waals surface area contributed by atoms with Crippen LogP contribution in [0.25, 0.3) is 0 Å². The fourth-order valence-electron chi connectivity index (χ4n) is 3.18. The first-order valence-electron chi connectivity index (χ1n) is 8.77. The normalized spacial score (nSPS) is 19.5. The number of amidine groups is 1. The number of rotatable bonds is 3. The minimum absolute atomic E-state index is 0.124. The summed E-state index contributed by atoms with van der Waals surface area (Å²) in [5.41, 5.74) is -1.14. The summed E-state index contributed by atoms with van der Waals surface area (Å²) < 4.78 is 77.9. The molecule has 3 rings (SSSR count). The van der Waals surface area contributed by atoms with Gasteiger partial charge in [0.2, 0.25) is 0 Å². The van der Waals surface area contributed by atoms with Gasteiger partial charge in [-0.2, -0.15) is 26.3 Å². The Labute approximate surface area is 158 Å². The van der Waals surface area contributed by atoms with Crippen LogP contribution in [0.2, 0.25) is 0 Å². The van der Waals surface area contributed by atoms with Crippen LogP contribution in [-0.2, 0) is 12.4 Å². The van der Waals surface area contributed by atoms with Gasteiger partial charge in [-0.25, -0.2) is 4.99 Å². The first-order valence-corrected chi connectivity index (χ1v) is 8.77. The molecular weight excluding hydrogens is 382 g/mol. The van der Waals surface area contributed by atoms with Crippen molar-refractivity contribution in [2.24, 2.45) is 10.9 Å². The summed E-state index contributed by atoms with van der Waals surface area (Å²) in [7, 11) is 0. The predicted molar refractivity (Wildman–Crippen MR) is 95.7 cm³/mol. The second-order valence-electron chi connectivity index (χ2n) is 6.71. The Morgan fingerprint density at radius 3 is 2.14 bits per heavy atom. The maximum atomic E-state index is 13.0. The van der Waals surface area contributed by atoms with Gasteiger partial charge in [0.25, 0.3) is 0 Å². The molecule has 2 aromatic carbocycles. The first kappa shape index (κ1) is 20.2. The molecular formula is C20H18F6N2. The van der Waals surface area contributed by atoms with Gasteiger partial charge in [-0.05, 0) is 42.3 Å². The van der Waals surface area contributed by atoms with Crippen LogP contribution in [0.3, 0.4) is 0 Å². The Kier molecular flexibility index (Phi) is 5.41. The van der Waals surface area contributed by atoms with Crippen molar-refractivity contribution in [1.82, 2.24) is 0 Å². The zero-order valence-corrected chi connectivity index (χ0v) is 15.0. The first-order chi connectivity index (χ1) is 13.1. The molecule has 1 atom stereocenters. The molecule has 0 radical (unpaired) electrons. The lowest BCUT2D eigenvalue weighted by Gasteiger charge is -2.21. The average Bonchev–Trinajstić information content (AvgIpc) is 3.03. The van der Waals surface area contributed by atoms with E-state index in [4.69, 9.17) is 0 Å². The molecule has 1 aliphatic rings. The topological polar surface area (TPSA) is 15.6 Å². The maximum Gasteiger partial charge on any atom is 0.416 e. The third-order valence-corrected chi connectivity index (χ3v) is 4.72. The van der Waals surface area contributed by atoms with E-state index in [-0.39, 0.29) is 11.6 Å². The average molecular weight is 400 g/mol. The lowest BCUT2D eigenvalue weighted by molar-refractivity contribution is -0.138. The van der Waals surface area contributed by atoms with Gasteiger partial charge in [-0.1, -0.05) is 25.5 Å². The highest BCUT2D eigenvalue weighted by Crippen LogP contribution is 2.36. The van der Waals surface area contributed by atoms with E-state index in [0.717, 1.165) is 30.7 Å². The van der Waals surface area contributed by atoms with Gasteiger partial charge in [0.1, 0.15) is 5.84 Å². The summed E-state index contributed by atoms with van der Waals surface area (Å²) in [6, 6.07) is 9.51. The van der Waals surface area contributed by atoms with Gasteiger partial charge in [0.15, 0.2) is 0 Å². The zero-order valence-electron chi connectivity index (χ0n) is 15.0. The molecule has 1 aliphatic heterocycles. The quantitative estimate of drug-likeness (QED) is 0.524. The predicted octanol–water partition coefficient (Wildman–Crippen LogP) is 6.69. The third-order valence-electron chi connectivity index (χ3n) is 4.72. The molecule has 0 amide bonds. The van der Waals surface area contributed by atoms with E-state index in [1.54, 1.807) is 11.0 Å². The summed E-state index contributed by atoms with van der Waals surface area (Å²) in [5, 5.41) is 0. The minimum atomic E-state index is -4.49. The number of hydrogen-bond acceptors (Lipinski definition) is 1. The van der Waals surface area contributed by atoms with Gasteiger partial charge in [-0.3, -0.25) is 0 Å². The summed E-state index contributed by atoms with van der Waals surface area (Å²) >= 11 is 0. The number of nitrogens with zero attached hydrogens (tertiary/aromatic N) is 2. The molecule has 1 saturated heterocycles. The molecule has 1 heterocycles. The van der Waals surface area contributed by atoms with Crippen molar-refractivity contribution < 1.29 is 26.3 Å². The molecule has 8 heteroatoms. The van der Waals surface area contributed by atoms with E-state index in [1.165, 1.54) is 18.2 Å². The molecule has 0 bridgehead atoms. The van der Waals surface area contributed by atoms with Gasteiger partial charge in [0.05, 0.1) is 16.8 Å². The molecule has 0 saturated carbocycles. The van der Waals surface area contributed by atoms with Crippen molar-refractivity contribution in [1.29, 1.82) is 0 Å². The van der Waals surface area contributed by atoms with Crippen molar-refractivity contribution >= 4 is 17.2 Å².